The highest BCUT2D eigenvalue weighted by atomic mass is 32.1. The highest BCUT2D eigenvalue weighted by Crippen LogP contribution is 2.42. The Kier molecular flexibility index (Phi) is 4.17. The molecule has 1 unspecified atom stereocenters. The quantitative estimate of drug-likeness (QED) is 0.928. The Morgan fingerprint density at radius 1 is 1.37 bits per heavy atom. The van der Waals surface area contributed by atoms with E-state index in [0.29, 0.717) is 16.2 Å². The van der Waals surface area contributed by atoms with E-state index in [1.54, 1.807) is 7.11 Å². The second-order valence-corrected chi connectivity index (χ2v) is 5.93. The number of hydrogen-bond donors (Lipinski definition) is 1. The fourth-order valence-electron chi connectivity index (χ4n) is 2.61. The third-order valence-electron chi connectivity index (χ3n) is 3.75. The molecule has 1 fully saturated rings. The Morgan fingerprint density at radius 3 is 2.47 bits per heavy atom. The van der Waals surface area contributed by atoms with Crippen LogP contribution < -0.4 is 5.73 Å². The van der Waals surface area contributed by atoms with Crippen molar-refractivity contribution >= 4 is 11.3 Å². The lowest BCUT2D eigenvalue weighted by molar-refractivity contribution is -0.137. The van der Waals surface area contributed by atoms with E-state index < -0.39 is 22.8 Å². The molecule has 0 bridgehead atoms. The number of hydrogen-bond acceptors (Lipinski definition) is 4. The van der Waals surface area contributed by atoms with Crippen molar-refractivity contribution in [3.05, 3.63) is 16.1 Å². The van der Waals surface area contributed by atoms with Gasteiger partial charge in [0.1, 0.15) is 0 Å². The molecule has 1 atom stereocenters. The van der Waals surface area contributed by atoms with Crippen LogP contribution in [0.2, 0.25) is 0 Å². The molecule has 1 aliphatic rings. The average Bonchev–Trinajstić information content (AvgIpc) is 2.88. The predicted octanol–water partition coefficient (Wildman–Crippen LogP) is 3.51. The van der Waals surface area contributed by atoms with E-state index in [2.05, 4.69) is 4.98 Å². The van der Waals surface area contributed by atoms with Crippen LogP contribution in [0.5, 0.6) is 0 Å². The lowest BCUT2D eigenvalue weighted by atomic mass is 9.79. The van der Waals surface area contributed by atoms with Crippen molar-refractivity contribution in [2.24, 2.45) is 5.73 Å². The van der Waals surface area contributed by atoms with Crippen molar-refractivity contribution in [1.29, 1.82) is 0 Å². The number of rotatable bonds is 3. The summed E-state index contributed by atoms with van der Waals surface area (Å²) in [5.41, 5.74) is 5.60. The molecule has 2 N–H and O–H groups in total. The van der Waals surface area contributed by atoms with E-state index in [1.807, 2.05) is 0 Å². The normalized spacial score (nSPS) is 21.3. The molecule has 0 amide bonds. The van der Waals surface area contributed by atoms with Crippen LogP contribution in [0.25, 0.3) is 0 Å². The molecule has 0 radical (unpaired) electrons. The van der Waals surface area contributed by atoms with Gasteiger partial charge in [0.05, 0.1) is 11.6 Å². The molecule has 1 aromatic heterocycles. The smallest absolute Gasteiger partial charge is 0.376 e. The molecular formula is C12H17F3N2OS. The van der Waals surface area contributed by atoms with Gasteiger partial charge in [-0.25, -0.2) is 4.98 Å². The van der Waals surface area contributed by atoms with E-state index in [1.165, 1.54) is 6.20 Å². The molecule has 1 aliphatic carbocycles. The largest absolute Gasteiger partial charge is 0.443 e. The summed E-state index contributed by atoms with van der Waals surface area (Å²) in [4.78, 5) is 3.87. The SMILES string of the molecule is COC1(C(N)c2cnc(C(F)(F)F)s2)CCCCC1. The number of methoxy groups -OCH3 is 1. The Balaban J connectivity index is 2.22. The van der Waals surface area contributed by atoms with Crippen molar-refractivity contribution < 1.29 is 17.9 Å². The highest BCUT2D eigenvalue weighted by Gasteiger charge is 2.41. The van der Waals surface area contributed by atoms with Crippen LogP contribution >= 0.6 is 11.3 Å². The van der Waals surface area contributed by atoms with E-state index in [4.69, 9.17) is 10.5 Å². The lowest BCUT2D eigenvalue weighted by Crippen LogP contribution is -2.44. The van der Waals surface area contributed by atoms with Crippen LogP contribution in [0.4, 0.5) is 13.2 Å². The van der Waals surface area contributed by atoms with Crippen LogP contribution in [-0.4, -0.2) is 17.7 Å². The minimum absolute atomic E-state index is 0.441. The molecule has 3 nitrogen and oxygen atoms in total. The topological polar surface area (TPSA) is 48.1 Å². The molecule has 0 aromatic carbocycles. The minimum atomic E-state index is -4.41. The van der Waals surface area contributed by atoms with Gasteiger partial charge in [0.25, 0.3) is 0 Å². The molecule has 1 aromatic rings. The molecule has 19 heavy (non-hydrogen) atoms. The molecule has 0 saturated heterocycles. The first kappa shape index (κ1) is 14.7. The van der Waals surface area contributed by atoms with E-state index in [9.17, 15) is 13.2 Å². The third kappa shape index (κ3) is 2.93. The molecule has 7 heteroatoms. The minimum Gasteiger partial charge on any atom is -0.376 e. The van der Waals surface area contributed by atoms with Gasteiger partial charge in [0.15, 0.2) is 5.01 Å². The summed E-state index contributed by atoms with van der Waals surface area (Å²) in [6.45, 7) is 0. The monoisotopic (exact) mass is 294 g/mol. The Bertz CT molecular complexity index is 427. The molecule has 0 aliphatic heterocycles. The van der Waals surface area contributed by atoms with Crippen LogP contribution in [0, 0.1) is 0 Å². The lowest BCUT2D eigenvalue weighted by Gasteiger charge is -2.40. The Hall–Kier alpha value is -0.660. The van der Waals surface area contributed by atoms with Gasteiger partial charge in [0.2, 0.25) is 0 Å². The van der Waals surface area contributed by atoms with E-state index in [0.717, 1.165) is 32.1 Å². The first-order chi connectivity index (χ1) is 8.89. The number of thiazole rings is 1. The van der Waals surface area contributed by atoms with Gasteiger partial charge in [-0.15, -0.1) is 11.3 Å². The second kappa shape index (κ2) is 5.38. The van der Waals surface area contributed by atoms with Crippen LogP contribution in [0.1, 0.15) is 48.0 Å². The molecule has 2 rings (SSSR count). The highest BCUT2D eigenvalue weighted by molar-refractivity contribution is 7.11. The first-order valence-electron chi connectivity index (χ1n) is 6.23. The van der Waals surface area contributed by atoms with Crippen molar-refractivity contribution in [1.82, 2.24) is 4.98 Å². The number of nitrogens with zero attached hydrogens (tertiary/aromatic N) is 1. The second-order valence-electron chi connectivity index (χ2n) is 4.87. The summed E-state index contributed by atoms with van der Waals surface area (Å²) in [7, 11) is 1.58. The van der Waals surface area contributed by atoms with Gasteiger partial charge in [-0.3, -0.25) is 0 Å². The predicted molar refractivity (Wildman–Crippen MR) is 66.9 cm³/mol. The number of nitrogens with two attached hydrogens (primary N) is 1. The molecule has 0 spiro atoms. The zero-order valence-electron chi connectivity index (χ0n) is 10.7. The van der Waals surface area contributed by atoms with Gasteiger partial charge in [-0.05, 0) is 12.8 Å². The number of halogens is 3. The number of aromatic nitrogens is 1. The van der Waals surface area contributed by atoms with E-state index >= 15 is 0 Å². The van der Waals surface area contributed by atoms with Gasteiger partial charge in [-0.1, -0.05) is 19.3 Å². The third-order valence-corrected chi connectivity index (χ3v) is 4.87. The van der Waals surface area contributed by atoms with Crippen LogP contribution in [0.3, 0.4) is 0 Å². The zero-order chi connectivity index (χ0) is 14.1. The van der Waals surface area contributed by atoms with Gasteiger partial charge in [-0.2, -0.15) is 13.2 Å². The summed E-state index contributed by atoms with van der Waals surface area (Å²) in [6, 6.07) is -0.550. The zero-order valence-corrected chi connectivity index (χ0v) is 11.5. The summed E-state index contributed by atoms with van der Waals surface area (Å²) < 4.78 is 43.2. The maximum atomic E-state index is 12.6. The van der Waals surface area contributed by atoms with Crippen LogP contribution in [-0.2, 0) is 10.9 Å². The average molecular weight is 294 g/mol. The van der Waals surface area contributed by atoms with Gasteiger partial charge in [0, 0.05) is 18.2 Å². The van der Waals surface area contributed by atoms with Crippen molar-refractivity contribution in [2.75, 3.05) is 7.11 Å². The van der Waals surface area contributed by atoms with Crippen molar-refractivity contribution in [3.8, 4) is 0 Å². The first-order valence-corrected chi connectivity index (χ1v) is 7.04. The standard InChI is InChI=1S/C12H17F3N2OS/c1-18-11(5-3-2-4-6-11)9(16)8-7-17-10(19-8)12(13,14)15/h7,9H,2-6,16H2,1H3. The fourth-order valence-corrected chi connectivity index (χ4v) is 3.50. The molecule has 1 heterocycles. The summed E-state index contributed by atoms with van der Waals surface area (Å²) in [5.74, 6) is 0. The maximum Gasteiger partial charge on any atom is 0.443 e. The fraction of sp³-hybridized carbons (Fsp3) is 0.750. The van der Waals surface area contributed by atoms with Crippen LogP contribution in [0.15, 0.2) is 6.20 Å². The summed E-state index contributed by atoms with van der Waals surface area (Å²) >= 11 is 0.614. The van der Waals surface area contributed by atoms with E-state index in [-0.39, 0.29) is 0 Å². The molecule has 1 saturated carbocycles. The maximum absolute atomic E-state index is 12.6. The number of alkyl halides is 3. The Labute approximate surface area is 114 Å². The summed E-state index contributed by atoms with van der Waals surface area (Å²) in [6.07, 6.45) is 1.49. The number of ether oxygens (including phenoxy) is 1. The molecular weight excluding hydrogens is 277 g/mol. The summed E-state index contributed by atoms with van der Waals surface area (Å²) in [5, 5.41) is -0.847. The van der Waals surface area contributed by atoms with Crippen molar-refractivity contribution in [2.45, 2.75) is 49.9 Å². The molecule has 108 valence electrons. The van der Waals surface area contributed by atoms with Crippen molar-refractivity contribution in [3.63, 3.8) is 0 Å². The Morgan fingerprint density at radius 2 is 2.00 bits per heavy atom. The van der Waals surface area contributed by atoms with Gasteiger partial charge < -0.3 is 10.5 Å². The van der Waals surface area contributed by atoms with Gasteiger partial charge >= 0.3 is 6.18 Å².